The number of nitrogens with zero attached hydrogens (tertiary/aromatic N) is 2. The zero-order valence-electron chi connectivity index (χ0n) is 18.6. The van der Waals surface area contributed by atoms with Crippen LogP contribution in [-0.2, 0) is 9.59 Å². The molecule has 1 fully saturated rings. The van der Waals surface area contributed by atoms with Gasteiger partial charge in [-0.15, -0.1) is 0 Å². The molecule has 3 aromatic rings. The molecule has 1 aromatic heterocycles. The maximum absolute atomic E-state index is 12.9. The first kappa shape index (κ1) is 21.9. The predicted molar refractivity (Wildman–Crippen MR) is 125 cm³/mol. The Morgan fingerprint density at radius 2 is 1.76 bits per heavy atom. The fraction of sp³-hybridized carbons (Fsp3) is 0.160. The second-order valence-electron chi connectivity index (χ2n) is 7.63. The Hall–Kier alpha value is -4.33. The minimum absolute atomic E-state index is 0.124. The van der Waals surface area contributed by atoms with E-state index in [1.165, 1.54) is 7.11 Å². The van der Waals surface area contributed by atoms with Crippen molar-refractivity contribution in [3.63, 3.8) is 0 Å². The molecule has 2 N–H and O–H groups in total. The highest BCUT2D eigenvalue weighted by Crippen LogP contribution is 2.25. The molecule has 1 aliphatic rings. The Morgan fingerprint density at radius 1 is 1.06 bits per heavy atom. The topological polar surface area (TPSA) is 92.7 Å². The highest BCUT2D eigenvalue weighted by molar-refractivity contribution is 6.16. The van der Waals surface area contributed by atoms with E-state index in [1.54, 1.807) is 30.3 Å². The molecule has 0 bridgehead atoms. The summed E-state index contributed by atoms with van der Waals surface area (Å²) in [5, 5.41) is 5.25. The smallest absolute Gasteiger partial charge is 0.329 e. The number of hydrogen-bond acceptors (Lipinski definition) is 4. The van der Waals surface area contributed by atoms with E-state index in [0.29, 0.717) is 11.4 Å². The van der Waals surface area contributed by atoms with Gasteiger partial charge in [0, 0.05) is 17.1 Å². The summed E-state index contributed by atoms with van der Waals surface area (Å²) >= 11 is 0. The van der Waals surface area contributed by atoms with Crippen molar-refractivity contribution in [3.8, 4) is 11.4 Å². The van der Waals surface area contributed by atoms with Crippen molar-refractivity contribution in [3.05, 3.63) is 83.3 Å². The van der Waals surface area contributed by atoms with Crippen molar-refractivity contribution in [1.29, 1.82) is 0 Å². The van der Waals surface area contributed by atoms with E-state index in [2.05, 4.69) is 15.2 Å². The highest BCUT2D eigenvalue weighted by Gasteiger charge is 2.35. The minimum atomic E-state index is -0.640. The van der Waals surface area contributed by atoms with Crippen LogP contribution in [0.5, 0.6) is 5.75 Å². The third kappa shape index (κ3) is 4.36. The lowest BCUT2D eigenvalue weighted by Crippen LogP contribution is -2.38. The second-order valence-corrected chi connectivity index (χ2v) is 7.63. The lowest BCUT2D eigenvalue weighted by Gasteiger charge is -2.13. The molecule has 2 aromatic carbocycles. The Morgan fingerprint density at radius 3 is 2.48 bits per heavy atom. The van der Waals surface area contributed by atoms with E-state index in [9.17, 15) is 14.4 Å². The zero-order valence-corrected chi connectivity index (χ0v) is 18.6. The first-order valence-corrected chi connectivity index (χ1v) is 10.4. The van der Waals surface area contributed by atoms with Crippen LogP contribution in [0.2, 0.25) is 0 Å². The number of carbonyl (C=O) groups is 3. The molecule has 0 aliphatic carbocycles. The number of carbonyl (C=O) groups excluding carboxylic acids is 3. The van der Waals surface area contributed by atoms with Crippen molar-refractivity contribution in [1.82, 2.24) is 14.8 Å². The van der Waals surface area contributed by atoms with E-state index < -0.39 is 24.4 Å². The van der Waals surface area contributed by atoms with Gasteiger partial charge in [0.05, 0.1) is 12.8 Å². The molecule has 33 heavy (non-hydrogen) atoms. The van der Waals surface area contributed by atoms with Crippen molar-refractivity contribution in [2.75, 3.05) is 19.0 Å². The summed E-state index contributed by atoms with van der Waals surface area (Å²) < 4.78 is 7.29. The lowest BCUT2D eigenvalue weighted by atomic mass is 10.2. The van der Waals surface area contributed by atoms with Crippen LogP contribution in [0.15, 0.2) is 66.4 Å². The van der Waals surface area contributed by atoms with E-state index in [4.69, 9.17) is 4.74 Å². The van der Waals surface area contributed by atoms with Gasteiger partial charge in [-0.3, -0.25) is 9.59 Å². The van der Waals surface area contributed by atoms with Crippen LogP contribution in [0, 0.1) is 13.8 Å². The molecular weight excluding hydrogens is 420 g/mol. The number of rotatable bonds is 6. The molecule has 0 atom stereocenters. The molecule has 0 unspecified atom stereocenters. The van der Waals surface area contributed by atoms with Crippen LogP contribution in [0.1, 0.15) is 17.0 Å². The van der Waals surface area contributed by atoms with Gasteiger partial charge in [0.1, 0.15) is 18.0 Å². The molecule has 4 rings (SSSR count). The average Bonchev–Trinajstić information content (AvgIpc) is 3.23. The second kappa shape index (κ2) is 9.04. The molecule has 0 radical (unpaired) electrons. The van der Waals surface area contributed by atoms with Crippen molar-refractivity contribution in [2.45, 2.75) is 13.8 Å². The molecule has 1 saturated heterocycles. The van der Waals surface area contributed by atoms with Crippen molar-refractivity contribution < 1.29 is 19.1 Å². The van der Waals surface area contributed by atoms with Gasteiger partial charge in [-0.1, -0.05) is 30.3 Å². The SMILES string of the molecule is COc1ccccc1NC(=O)CN1C(=O)N/C(=C\c2cc(C)n(-c3ccccc3)c2C)C1=O. The van der Waals surface area contributed by atoms with Crippen LogP contribution in [0.3, 0.4) is 0 Å². The fourth-order valence-corrected chi connectivity index (χ4v) is 3.86. The van der Waals surface area contributed by atoms with Crippen molar-refractivity contribution >= 4 is 29.6 Å². The minimum Gasteiger partial charge on any atom is -0.495 e. The number of aromatic nitrogens is 1. The summed E-state index contributed by atoms with van der Waals surface area (Å²) in [4.78, 5) is 38.7. The van der Waals surface area contributed by atoms with Gasteiger partial charge in [-0.25, -0.2) is 9.69 Å². The molecule has 0 spiro atoms. The molecule has 8 nitrogen and oxygen atoms in total. The molecule has 4 amide bonds. The molecule has 8 heteroatoms. The number of hydrogen-bond donors (Lipinski definition) is 2. The Balaban J connectivity index is 1.52. The van der Waals surface area contributed by atoms with E-state index in [1.807, 2.05) is 50.2 Å². The number of urea groups is 1. The zero-order chi connectivity index (χ0) is 23.5. The van der Waals surface area contributed by atoms with Crippen LogP contribution in [0.25, 0.3) is 11.8 Å². The number of nitrogens with one attached hydrogen (secondary N) is 2. The van der Waals surface area contributed by atoms with Gasteiger partial charge in [-0.2, -0.15) is 0 Å². The Kier molecular flexibility index (Phi) is 5.99. The number of anilines is 1. The van der Waals surface area contributed by atoms with Gasteiger partial charge >= 0.3 is 6.03 Å². The maximum Gasteiger partial charge on any atom is 0.329 e. The summed E-state index contributed by atoms with van der Waals surface area (Å²) in [6.07, 6.45) is 1.64. The number of methoxy groups -OCH3 is 1. The average molecular weight is 444 g/mol. The van der Waals surface area contributed by atoms with Crippen LogP contribution in [0.4, 0.5) is 10.5 Å². The number of para-hydroxylation sites is 3. The summed E-state index contributed by atoms with van der Waals surface area (Å²) in [5.74, 6) is -0.580. The number of ether oxygens (including phenoxy) is 1. The van der Waals surface area contributed by atoms with Crippen LogP contribution >= 0.6 is 0 Å². The van der Waals surface area contributed by atoms with E-state index in [-0.39, 0.29) is 5.70 Å². The summed E-state index contributed by atoms with van der Waals surface area (Å²) in [6.45, 7) is 3.51. The van der Waals surface area contributed by atoms with E-state index >= 15 is 0 Å². The standard InChI is InChI=1S/C25H24N4O4/c1-16-13-18(17(2)29(16)19-9-5-4-6-10-19)14-21-24(31)28(25(32)27-21)15-23(30)26-20-11-7-8-12-22(20)33-3/h4-14H,15H2,1-3H3,(H,26,30)(H,27,32)/b21-14-. The molecule has 0 saturated carbocycles. The first-order chi connectivity index (χ1) is 15.9. The first-order valence-electron chi connectivity index (χ1n) is 10.4. The third-order valence-corrected chi connectivity index (χ3v) is 5.43. The van der Waals surface area contributed by atoms with Crippen LogP contribution < -0.4 is 15.4 Å². The lowest BCUT2D eigenvalue weighted by molar-refractivity contribution is -0.127. The molecular formula is C25H24N4O4. The third-order valence-electron chi connectivity index (χ3n) is 5.43. The van der Waals surface area contributed by atoms with Crippen molar-refractivity contribution in [2.24, 2.45) is 0 Å². The van der Waals surface area contributed by atoms with Gasteiger partial charge in [-0.05, 0) is 55.8 Å². The van der Waals surface area contributed by atoms with Crippen LogP contribution in [-0.4, -0.2) is 41.0 Å². The number of benzene rings is 2. The highest BCUT2D eigenvalue weighted by atomic mass is 16.5. The molecule has 1 aliphatic heterocycles. The van der Waals surface area contributed by atoms with E-state index in [0.717, 1.165) is 27.5 Å². The monoisotopic (exact) mass is 444 g/mol. The van der Waals surface area contributed by atoms with Gasteiger partial charge < -0.3 is 19.9 Å². The molecule has 2 heterocycles. The van der Waals surface area contributed by atoms with Gasteiger partial charge in [0.25, 0.3) is 5.91 Å². The summed E-state index contributed by atoms with van der Waals surface area (Å²) in [6, 6.07) is 18.1. The summed E-state index contributed by atoms with van der Waals surface area (Å²) in [5.41, 5.74) is 4.32. The number of imide groups is 1. The summed E-state index contributed by atoms with van der Waals surface area (Å²) in [7, 11) is 1.49. The maximum atomic E-state index is 12.9. The largest absolute Gasteiger partial charge is 0.495 e. The van der Waals surface area contributed by atoms with Gasteiger partial charge in [0.15, 0.2) is 0 Å². The number of amides is 4. The predicted octanol–water partition coefficient (Wildman–Crippen LogP) is 3.63. The quantitative estimate of drug-likeness (QED) is 0.449. The number of aryl methyl sites for hydroxylation is 1. The Labute approximate surface area is 191 Å². The normalized spacial score (nSPS) is 14.5. The Bertz CT molecular complexity index is 1260. The molecule has 168 valence electrons. The fourth-order valence-electron chi connectivity index (χ4n) is 3.86. The van der Waals surface area contributed by atoms with Gasteiger partial charge in [0.2, 0.25) is 5.91 Å².